The molecule has 2 aromatic carbocycles. The van der Waals surface area contributed by atoms with Gasteiger partial charge in [0.2, 0.25) is 0 Å². The number of nitrogens with one attached hydrogen (secondary N) is 1. The van der Waals surface area contributed by atoms with E-state index >= 15 is 0 Å². The molecular weight excluding hydrogens is 368 g/mol. The van der Waals surface area contributed by atoms with Crippen molar-refractivity contribution >= 4 is 17.5 Å². The Kier molecular flexibility index (Phi) is 7.11. The van der Waals surface area contributed by atoms with Crippen LogP contribution in [0.25, 0.3) is 0 Å². The highest BCUT2D eigenvalue weighted by atomic mass is 16.5. The molecular formula is C23H28N2O4. The Morgan fingerprint density at radius 3 is 2.48 bits per heavy atom. The van der Waals surface area contributed by atoms with Crippen molar-refractivity contribution in [2.75, 3.05) is 32.1 Å². The van der Waals surface area contributed by atoms with Crippen LogP contribution in [0, 0.1) is 6.92 Å². The lowest BCUT2D eigenvalue weighted by atomic mass is 10.1. The van der Waals surface area contributed by atoms with Crippen LogP contribution in [0.15, 0.2) is 42.5 Å². The van der Waals surface area contributed by atoms with Gasteiger partial charge in [-0.3, -0.25) is 9.59 Å². The van der Waals surface area contributed by atoms with Gasteiger partial charge in [0.25, 0.3) is 11.8 Å². The van der Waals surface area contributed by atoms with Crippen molar-refractivity contribution in [2.45, 2.75) is 32.6 Å². The molecule has 0 unspecified atom stereocenters. The summed E-state index contributed by atoms with van der Waals surface area (Å²) in [5.74, 6) is 0.817. The third-order valence-corrected chi connectivity index (χ3v) is 4.96. The SMILES string of the molecule is COc1cc(C)ccc1OCC(=O)Nc1cccc(C(=O)N2CCCCCC2)c1. The van der Waals surface area contributed by atoms with E-state index in [4.69, 9.17) is 9.47 Å². The quantitative estimate of drug-likeness (QED) is 0.800. The van der Waals surface area contributed by atoms with Crippen molar-refractivity contribution in [3.63, 3.8) is 0 Å². The summed E-state index contributed by atoms with van der Waals surface area (Å²) in [6.07, 6.45) is 4.43. The topological polar surface area (TPSA) is 67.9 Å². The largest absolute Gasteiger partial charge is 0.493 e. The molecule has 6 heteroatoms. The van der Waals surface area contributed by atoms with Gasteiger partial charge in [-0.2, -0.15) is 0 Å². The number of aryl methyl sites for hydroxylation is 1. The second-order valence-corrected chi connectivity index (χ2v) is 7.28. The van der Waals surface area contributed by atoms with Crippen LogP contribution in [-0.2, 0) is 4.79 Å². The monoisotopic (exact) mass is 396 g/mol. The van der Waals surface area contributed by atoms with E-state index in [2.05, 4.69) is 5.32 Å². The van der Waals surface area contributed by atoms with Crippen LogP contribution >= 0.6 is 0 Å². The van der Waals surface area contributed by atoms with E-state index in [1.165, 1.54) is 12.8 Å². The van der Waals surface area contributed by atoms with E-state index in [0.717, 1.165) is 31.5 Å². The van der Waals surface area contributed by atoms with Gasteiger partial charge in [-0.05, 0) is 55.7 Å². The standard InChI is InChI=1S/C23H28N2O4/c1-17-10-11-20(21(14-17)28-2)29-16-22(26)24-19-9-7-8-18(15-19)23(27)25-12-5-3-4-6-13-25/h7-11,14-15H,3-6,12-13,16H2,1-2H3,(H,24,26). The minimum absolute atomic E-state index is 0.0173. The van der Waals surface area contributed by atoms with Crippen molar-refractivity contribution in [1.82, 2.24) is 4.90 Å². The Balaban J connectivity index is 1.59. The second kappa shape index (κ2) is 9.96. The zero-order chi connectivity index (χ0) is 20.6. The summed E-state index contributed by atoms with van der Waals surface area (Å²) < 4.78 is 10.9. The predicted octanol–water partition coefficient (Wildman–Crippen LogP) is 4.04. The number of methoxy groups -OCH3 is 1. The molecule has 0 bridgehead atoms. The van der Waals surface area contributed by atoms with Crippen LogP contribution in [0.2, 0.25) is 0 Å². The first-order valence-electron chi connectivity index (χ1n) is 10.0. The minimum atomic E-state index is -0.299. The molecule has 0 saturated carbocycles. The number of hydrogen-bond donors (Lipinski definition) is 1. The molecule has 0 radical (unpaired) electrons. The maximum absolute atomic E-state index is 12.8. The molecule has 6 nitrogen and oxygen atoms in total. The first-order chi connectivity index (χ1) is 14.1. The number of ether oxygens (including phenoxy) is 2. The van der Waals surface area contributed by atoms with Crippen LogP contribution in [0.5, 0.6) is 11.5 Å². The highest BCUT2D eigenvalue weighted by Gasteiger charge is 2.18. The summed E-state index contributed by atoms with van der Waals surface area (Å²) in [5, 5.41) is 2.80. The fourth-order valence-electron chi connectivity index (χ4n) is 3.42. The summed E-state index contributed by atoms with van der Waals surface area (Å²) in [5.41, 5.74) is 2.21. The minimum Gasteiger partial charge on any atom is -0.493 e. The Bertz CT molecular complexity index is 858. The molecule has 1 aliphatic heterocycles. The van der Waals surface area contributed by atoms with Gasteiger partial charge in [0.1, 0.15) is 0 Å². The normalized spacial score (nSPS) is 14.1. The van der Waals surface area contributed by atoms with E-state index in [9.17, 15) is 9.59 Å². The van der Waals surface area contributed by atoms with Crippen molar-refractivity contribution in [2.24, 2.45) is 0 Å². The lowest BCUT2D eigenvalue weighted by Crippen LogP contribution is -2.31. The van der Waals surface area contributed by atoms with Gasteiger partial charge >= 0.3 is 0 Å². The van der Waals surface area contributed by atoms with E-state index in [1.54, 1.807) is 37.4 Å². The van der Waals surface area contributed by atoms with Crippen LogP contribution in [0.3, 0.4) is 0 Å². The number of rotatable bonds is 6. The van der Waals surface area contributed by atoms with Crippen molar-refractivity contribution in [1.29, 1.82) is 0 Å². The summed E-state index contributed by atoms with van der Waals surface area (Å²) in [6.45, 7) is 3.39. The van der Waals surface area contributed by atoms with Gasteiger partial charge < -0.3 is 19.7 Å². The van der Waals surface area contributed by atoms with E-state index in [-0.39, 0.29) is 18.4 Å². The fraction of sp³-hybridized carbons (Fsp3) is 0.391. The molecule has 29 heavy (non-hydrogen) atoms. The number of nitrogens with zero attached hydrogens (tertiary/aromatic N) is 1. The van der Waals surface area contributed by atoms with Gasteiger partial charge in [-0.15, -0.1) is 0 Å². The van der Waals surface area contributed by atoms with E-state index in [1.807, 2.05) is 24.0 Å². The van der Waals surface area contributed by atoms with Gasteiger partial charge in [-0.1, -0.05) is 25.0 Å². The predicted molar refractivity (Wildman–Crippen MR) is 113 cm³/mol. The molecule has 1 N–H and O–H groups in total. The average molecular weight is 396 g/mol. The molecule has 2 amide bonds. The fourth-order valence-corrected chi connectivity index (χ4v) is 3.42. The number of anilines is 1. The molecule has 1 saturated heterocycles. The molecule has 0 spiro atoms. The average Bonchev–Trinajstić information content (AvgIpc) is 3.02. The molecule has 1 fully saturated rings. The van der Waals surface area contributed by atoms with Crippen LogP contribution in [0.4, 0.5) is 5.69 Å². The maximum Gasteiger partial charge on any atom is 0.262 e. The Morgan fingerprint density at radius 1 is 1.00 bits per heavy atom. The molecule has 0 aliphatic carbocycles. The Morgan fingerprint density at radius 2 is 1.76 bits per heavy atom. The van der Waals surface area contributed by atoms with Crippen molar-refractivity contribution in [3.8, 4) is 11.5 Å². The number of carbonyl (C=O) groups is 2. The van der Waals surface area contributed by atoms with Crippen LogP contribution in [0.1, 0.15) is 41.6 Å². The van der Waals surface area contributed by atoms with E-state index < -0.39 is 0 Å². The van der Waals surface area contributed by atoms with E-state index in [0.29, 0.717) is 22.7 Å². The highest BCUT2D eigenvalue weighted by Crippen LogP contribution is 2.27. The zero-order valence-electron chi connectivity index (χ0n) is 17.1. The number of carbonyl (C=O) groups excluding carboxylic acids is 2. The Hall–Kier alpha value is -3.02. The number of likely N-dealkylation sites (tertiary alicyclic amines) is 1. The highest BCUT2D eigenvalue weighted by molar-refractivity contribution is 5.97. The molecule has 154 valence electrons. The lowest BCUT2D eigenvalue weighted by molar-refractivity contribution is -0.118. The first-order valence-corrected chi connectivity index (χ1v) is 10.0. The Labute approximate surface area is 171 Å². The summed E-state index contributed by atoms with van der Waals surface area (Å²) in [6, 6.07) is 12.6. The number of hydrogen-bond acceptors (Lipinski definition) is 4. The second-order valence-electron chi connectivity index (χ2n) is 7.28. The molecule has 1 heterocycles. The lowest BCUT2D eigenvalue weighted by Gasteiger charge is -2.20. The third kappa shape index (κ3) is 5.73. The first kappa shape index (κ1) is 20.7. The third-order valence-electron chi connectivity index (χ3n) is 4.96. The van der Waals surface area contributed by atoms with Gasteiger partial charge in [0.15, 0.2) is 18.1 Å². The summed E-state index contributed by atoms with van der Waals surface area (Å²) in [4.78, 5) is 27.0. The van der Waals surface area contributed by atoms with Crippen molar-refractivity contribution < 1.29 is 19.1 Å². The number of amides is 2. The molecule has 0 aromatic heterocycles. The number of benzene rings is 2. The summed E-state index contributed by atoms with van der Waals surface area (Å²) >= 11 is 0. The molecule has 0 atom stereocenters. The summed E-state index contributed by atoms with van der Waals surface area (Å²) in [7, 11) is 1.56. The maximum atomic E-state index is 12.8. The van der Waals surface area contributed by atoms with Gasteiger partial charge in [-0.25, -0.2) is 0 Å². The zero-order valence-corrected chi connectivity index (χ0v) is 17.1. The van der Waals surface area contributed by atoms with Crippen LogP contribution in [-0.4, -0.2) is 43.5 Å². The van der Waals surface area contributed by atoms with Gasteiger partial charge in [0.05, 0.1) is 7.11 Å². The van der Waals surface area contributed by atoms with Gasteiger partial charge in [0, 0.05) is 24.3 Å². The van der Waals surface area contributed by atoms with Crippen LogP contribution < -0.4 is 14.8 Å². The van der Waals surface area contributed by atoms with Crippen molar-refractivity contribution in [3.05, 3.63) is 53.6 Å². The molecule has 1 aliphatic rings. The molecule has 3 rings (SSSR count). The smallest absolute Gasteiger partial charge is 0.262 e. The molecule has 2 aromatic rings.